The summed E-state index contributed by atoms with van der Waals surface area (Å²) < 4.78 is 28.5. The highest BCUT2D eigenvalue weighted by molar-refractivity contribution is 7.93. The molecule has 0 amide bonds. The van der Waals surface area contributed by atoms with Gasteiger partial charge in [-0.15, -0.1) is 11.3 Å². The van der Waals surface area contributed by atoms with Crippen LogP contribution in [0.1, 0.15) is 11.1 Å². The van der Waals surface area contributed by atoms with Crippen molar-refractivity contribution in [1.29, 1.82) is 0 Å². The van der Waals surface area contributed by atoms with Gasteiger partial charge in [0.2, 0.25) is 11.8 Å². The van der Waals surface area contributed by atoms with E-state index >= 15 is 0 Å². The molecule has 1 aromatic carbocycles. The molecule has 0 unspecified atom stereocenters. The number of halogens is 1. The monoisotopic (exact) mass is 423 g/mol. The number of hydrogen-bond acceptors (Lipinski definition) is 6. The minimum Gasteiger partial charge on any atom is -0.494 e. The number of nitrogens with one attached hydrogen (secondary N) is 1. The number of anilines is 1. The van der Waals surface area contributed by atoms with Crippen LogP contribution in [0.5, 0.6) is 11.8 Å². The zero-order valence-corrected chi connectivity index (χ0v) is 16.1. The summed E-state index contributed by atoms with van der Waals surface area (Å²) in [6, 6.07) is 5.81. The second kappa shape index (κ2) is 6.59. The summed E-state index contributed by atoms with van der Waals surface area (Å²) >= 11 is 7.21. The Morgan fingerprint density at radius 2 is 1.85 bits per heavy atom. The van der Waals surface area contributed by atoms with Crippen molar-refractivity contribution >= 4 is 38.1 Å². The molecule has 0 fully saturated rings. The third kappa shape index (κ3) is 3.18. The van der Waals surface area contributed by atoms with E-state index in [0.717, 1.165) is 0 Å². The fraction of sp³-hybridized carbons (Fsp3) is 0.118. The lowest BCUT2D eigenvalue weighted by Gasteiger charge is -2.09. The fourth-order valence-corrected chi connectivity index (χ4v) is 4.96. The van der Waals surface area contributed by atoms with Crippen molar-refractivity contribution in [3.05, 3.63) is 58.1 Å². The van der Waals surface area contributed by atoms with Gasteiger partial charge in [-0.2, -0.15) is 0 Å². The Bertz CT molecular complexity index is 1130. The molecule has 0 radical (unpaired) electrons. The molecular weight excluding hydrogens is 410 g/mol. The van der Waals surface area contributed by atoms with Crippen molar-refractivity contribution < 1.29 is 18.6 Å². The van der Waals surface area contributed by atoms with Gasteiger partial charge in [0.1, 0.15) is 0 Å². The maximum Gasteiger partial charge on any atom is 0.263 e. The van der Waals surface area contributed by atoms with Crippen LogP contribution >= 0.6 is 22.9 Å². The summed E-state index contributed by atoms with van der Waals surface area (Å²) in [6.07, 6.45) is 4.05. The Morgan fingerprint density at radius 1 is 1.15 bits per heavy atom. The Balaban J connectivity index is 1.68. The summed E-state index contributed by atoms with van der Waals surface area (Å²) in [5.74, 6) is -0.190. The van der Waals surface area contributed by atoms with Gasteiger partial charge in [-0.25, -0.2) is 13.4 Å². The summed E-state index contributed by atoms with van der Waals surface area (Å²) in [7, 11) is -3.77. The largest absolute Gasteiger partial charge is 0.494 e. The predicted octanol–water partition coefficient (Wildman–Crippen LogP) is 3.37. The maximum absolute atomic E-state index is 12.4. The molecule has 3 aromatic rings. The molecule has 3 N–H and O–H groups in total. The van der Waals surface area contributed by atoms with E-state index in [2.05, 4.69) is 9.71 Å². The van der Waals surface area contributed by atoms with Gasteiger partial charge in [0.05, 0.1) is 10.6 Å². The van der Waals surface area contributed by atoms with Crippen LogP contribution in [-0.2, 0) is 22.9 Å². The smallest absolute Gasteiger partial charge is 0.263 e. The average molecular weight is 424 g/mol. The zero-order chi connectivity index (χ0) is 19.2. The van der Waals surface area contributed by atoms with E-state index in [9.17, 15) is 18.6 Å². The molecule has 1 aliphatic carbocycles. The molecule has 2 aromatic heterocycles. The number of fused-ring (bicyclic) bond motifs is 1. The number of allylic oxidation sites excluding steroid dienone is 2. The van der Waals surface area contributed by atoms with Gasteiger partial charge in [0.25, 0.3) is 10.0 Å². The molecule has 0 saturated heterocycles. The van der Waals surface area contributed by atoms with E-state index in [1.807, 2.05) is 0 Å². The molecule has 10 heteroatoms. The van der Waals surface area contributed by atoms with Crippen molar-refractivity contribution in [2.45, 2.75) is 17.7 Å². The molecule has 1 aliphatic rings. The molecular formula is C17H14ClN3O4S2. The summed E-state index contributed by atoms with van der Waals surface area (Å²) in [5.41, 5.74) is 1.62. The summed E-state index contributed by atoms with van der Waals surface area (Å²) in [6.45, 7) is 0. The predicted molar refractivity (Wildman–Crippen MR) is 103 cm³/mol. The highest BCUT2D eigenvalue weighted by Crippen LogP contribution is 2.41. The number of aromatic nitrogens is 2. The van der Waals surface area contributed by atoms with E-state index < -0.39 is 10.0 Å². The van der Waals surface area contributed by atoms with Crippen LogP contribution in [0.25, 0.3) is 5.69 Å². The number of sulfonamides is 1. The molecule has 0 bridgehead atoms. The van der Waals surface area contributed by atoms with Crippen LogP contribution in [0, 0.1) is 0 Å². The van der Waals surface area contributed by atoms with E-state index in [4.69, 9.17) is 11.6 Å². The van der Waals surface area contributed by atoms with Gasteiger partial charge in [0, 0.05) is 34.2 Å². The Morgan fingerprint density at radius 3 is 2.52 bits per heavy atom. The lowest BCUT2D eigenvalue weighted by molar-refractivity contribution is 0.400. The van der Waals surface area contributed by atoms with Crippen LogP contribution in [-0.4, -0.2) is 28.2 Å². The molecule has 27 heavy (non-hydrogen) atoms. The number of nitrogens with zero attached hydrogens (tertiary/aromatic N) is 2. The van der Waals surface area contributed by atoms with Crippen LogP contribution in [0.15, 0.2) is 51.8 Å². The van der Waals surface area contributed by atoms with Crippen LogP contribution < -0.4 is 4.72 Å². The van der Waals surface area contributed by atoms with Crippen molar-refractivity contribution in [2.75, 3.05) is 4.72 Å². The molecule has 0 spiro atoms. The quantitative estimate of drug-likeness (QED) is 0.596. The second-order valence-electron chi connectivity index (χ2n) is 5.91. The first kappa shape index (κ1) is 17.9. The number of benzene rings is 1. The average Bonchev–Trinajstić information content (AvgIpc) is 3.22. The Hall–Kier alpha value is -2.49. The topological polar surface area (TPSA) is 104 Å². The van der Waals surface area contributed by atoms with E-state index in [0.29, 0.717) is 34.7 Å². The van der Waals surface area contributed by atoms with Gasteiger partial charge in [0.15, 0.2) is 5.13 Å². The van der Waals surface area contributed by atoms with Crippen LogP contribution in [0.4, 0.5) is 5.13 Å². The number of aromatic hydroxyl groups is 2. The first-order chi connectivity index (χ1) is 12.9. The van der Waals surface area contributed by atoms with E-state index in [1.165, 1.54) is 46.4 Å². The normalized spacial score (nSPS) is 13.9. The van der Waals surface area contributed by atoms with Gasteiger partial charge in [-0.1, -0.05) is 17.7 Å². The minimum absolute atomic E-state index is 0.0436. The fourth-order valence-electron chi connectivity index (χ4n) is 2.96. The highest BCUT2D eigenvalue weighted by Gasteiger charge is 2.26. The SMILES string of the molecule is O=S(=O)(Nc1nccs1)c1ccc(-n2c(O)c3c(c2O)CC(Cl)=CC3)cc1. The number of hydrogen-bond donors (Lipinski definition) is 3. The van der Waals surface area contributed by atoms with E-state index in [1.54, 1.807) is 11.5 Å². The highest BCUT2D eigenvalue weighted by atomic mass is 35.5. The van der Waals surface area contributed by atoms with Gasteiger partial charge in [-0.05, 0) is 30.7 Å². The Labute approximate surface area is 164 Å². The first-order valence-electron chi connectivity index (χ1n) is 7.88. The third-order valence-electron chi connectivity index (χ3n) is 4.26. The molecule has 7 nitrogen and oxygen atoms in total. The lowest BCUT2D eigenvalue weighted by Crippen LogP contribution is -2.12. The standard InChI is InChI=1S/C17H14ClN3O4S2/c18-10-1-6-13-14(9-10)16(23)21(15(13)22)11-2-4-12(5-3-11)27(24,25)20-17-19-7-8-26-17/h1-5,7-8,22-23H,6,9H2,(H,19,20). The number of thiazole rings is 1. The van der Waals surface area contributed by atoms with Gasteiger partial charge in [-0.3, -0.25) is 9.29 Å². The lowest BCUT2D eigenvalue weighted by atomic mass is 10.0. The number of rotatable bonds is 4. The molecule has 0 saturated carbocycles. The molecule has 140 valence electrons. The summed E-state index contributed by atoms with van der Waals surface area (Å²) in [4.78, 5) is 3.94. The van der Waals surface area contributed by atoms with Crippen molar-refractivity contribution in [3.8, 4) is 17.4 Å². The van der Waals surface area contributed by atoms with E-state index in [-0.39, 0.29) is 21.8 Å². The first-order valence-corrected chi connectivity index (χ1v) is 10.6. The van der Waals surface area contributed by atoms with Crippen molar-refractivity contribution in [2.24, 2.45) is 0 Å². The van der Waals surface area contributed by atoms with Gasteiger partial charge >= 0.3 is 0 Å². The second-order valence-corrected chi connectivity index (χ2v) is 8.97. The van der Waals surface area contributed by atoms with Crippen molar-refractivity contribution in [1.82, 2.24) is 9.55 Å². The molecule has 2 heterocycles. The Kier molecular flexibility index (Phi) is 4.37. The molecule has 0 aliphatic heterocycles. The van der Waals surface area contributed by atoms with Crippen molar-refractivity contribution in [3.63, 3.8) is 0 Å². The van der Waals surface area contributed by atoms with Gasteiger partial charge < -0.3 is 10.2 Å². The minimum atomic E-state index is -3.77. The third-order valence-corrected chi connectivity index (χ3v) is 6.72. The zero-order valence-electron chi connectivity index (χ0n) is 13.8. The maximum atomic E-state index is 12.4. The summed E-state index contributed by atoms with van der Waals surface area (Å²) in [5, 5.41) is 23.5. The van der Waals surface area contributed by atoms with Crippen LogP contribution in [0.2, 0.25) is 0 Å². The molecule has 4 rings (SSSR count). The molecule has 0 atom stereocenters. The van der Waals surface area contributed by atoms with Crippen LogP contribution in [0.3, 0.4) is 0 Å².